The lowest BCUT2D eigenvalue weighted by Crippen LogP contribution is -2.35. The molecule has 1 fully saturated rings. The van der Waals surface area contributed by atoms with Gasteiger partial charge in [-0.2, -0.15) is 4.31 Å². The Bertz CT molecular complexity index is 813. The van der Waals surface area contributed by atoms with Gasteiger partial charge in [0.1, 0.15) is 0 Å². The Hall–Kier alpha value is -2.18. The Morgan fingerprint density at radius 3 is 2.33 bits per heavy atom. The van der Waals surface area contributed by atoms with Crippen LogP contribution in [0.3, 0.4) is 0 Å². The van der Waals surface area contributed by atoms with E-state index >= 15 is 0 Å². The molecule has 3 rings (SSSR count). The van der Waals surface area contributed by atoms with Gasteiger partial charge in [0.25, 0.3) is 5.91 Å². The third-order valence-corrected chi connectivity index (χ3v) is 5.98. The molecule has 0 bridgehead atoms. The molecule has 24 heavy (non-hydrogen) atoms. The van der Waals surface area contributed by atoms with E-state index in [2.05, 4.69) is 5.32 Å². The molecule has 1 aliphatic heterocycles. The predicted molar refractivity (Wildman–Crippen MR) is 93.4 cm³/mol. The van der Waals surface area contributed by atoms with Crippen molar-refractivity contribution in [3.63, 3.8) is 0 Å². The molecule has 0 aromatic heterocycles. The first-order chi connectivity index (χ1) is 11.6. The van der Waals surface area contributed by atoms with Crippen molar-refractivity contribution >= 4 is 21.6 Å². The first-order valence-electron chi connectivity index (χ1n) is 8.04. The monoisotopic (exact) mass is 344 g/mol. The molecule has 0 radical (unpaired) electrons. The minimum absolute atomic E-state index is 0.171. The number of nitrogens with one attached hydrogen (secondary N) is 1. The second kappa shape index (κ2) is 7.15. The fourth-order valence-corrected chi connectivity index (χ4v) is 4.34. The van der Waals surface area contributed by atoms with Gasteiger partial charge in [0, 0.05) is 24.3 Å². The van der Waals surface area contributed by atoms with Gasteiger partial charge in [-0.3, -0.25) is 4.79 Å². The molecule has 2 aromatic carbocycles. The Morgan fingerprint density at radius 1 is 0.917 bits per heavy atom. The average molecular weight is 344 g/mol. The topological polar surface area (TPSA) is 66.5 Å². The number of carbonyl (C=O) groups is 1. The Morgan fingerprint density at radius 2 is 1.62 bits per heavy atom. The van der Waals surface area contributed by atoms with Crippen LogP contribution in [0.2, 0.25) is 0 Å². The van der Waals surface area contributed by atoms with E-state index in [-0.39, 0.29) is 10.8 Å². The maximum atomic E-state index is 12.7. The third-order valence-electron chi connectivity index (χ3n) is 4.08. The SMILES string of the molecule is O=C(Nc1ccccc1)c1cccc(S(=O)(=O)N2CCCCC2)c1. The van der Waals surface area contributed by atoms with Crippen LogP contribution in [0.5, 0.6) is 0 Å². The number of hydrogen-bond acceptors (Lipinski definition) is 3. The van der Waals surface area contributed by atoms with E-state index < -0.39 is 10.0 Å². The Kier molecular flexibility index (Phi) is 4.97. The predicted octanol–water partition coefficient (Wildman–Crippen LogP) is 3.11. The van der Waals surface area contributed by atoms with Crippen LogP contribution in [0.15, 0.2) is 59.5 Å². The molecule has 0 unspecified atom stereocenters. The highest BCUT2D eigenvalue weighted by Gasteiger charge is 2.26. The van der Waals surface area contributed by atoms with Crippen LogP contribution < -0.4 is 5.32 Å². The first-order valence-corrected chi connectivity index (χ1v) is 9.48. The number of benzene rings is 2. The summed E-state index contributed by atoms with van der Waals surface area (Å²) in [5.74, 6) is -0.322. The van der Waals surface area contributed by atoms with Crippen LogP contribution in [-0.4, -0.2) is 31.7 Å². The molecular weight excluding hydrogens is 324 g/mol. The van der Waals surface area contributed by atoms with Crippen LogP contribution in [-0.2, 0) is 10.0 Å². The number of nitrogens with zero attached hydrogens (tertiary/aromatic N) is 1. The highest BCUT2D eigenvalue weighted by Crippen LogP contribution is 2.21. The third kappa shape index (κ3) is 3.66. The largest absolute Gasteiger partial charge is 0.322 e. The minimum Gasteiger partial charge on any atom is -0.322 e. The number of sulfonamides is 1. The molecule has 0 saturated carbocycles. The smallest absolute Gasteiger partial charge is 0.255 e. The van der Waals surface area contributed by atoms with E-state index in [1.54, 1.807) is 30.3 Å². The van der Waals surface area contributed by atoms with E-state index in [0.717, 1.165) is 19.3 Å². The van der Waals surface area contributed by atoms with Crippen molar-refractivity contribution in [2.45, 2.75) is 24.2 Å². The molecular formula is C18H20N2O3S. The van der Waals surface area contributed by atoms with Crippen LogP contribution in [0.1, 0.15) is 29.6 Å². The molecule has 2 aromatic rings. The molecule has 1 aliphatic rings. The van der Waals surface area contributed by atoms with Gasteiger partial charge < -0.3 is 5.32 Å². The van der Waals surface area contributed by atoms with Gasteiger partial charge >= 0.3 is 0 Å². The van der Waals surface area contributed by atoms with Gasteiger partial charge in [-0.1, -0.05) is 30.7 Å². The van der Waals surface area contributed by atoms with Gasteiger partial charge in [0.2, 0.25) is 10.0 Å². The molecule has 0 atom stereocenters. The maximum absolute atomic E-state index is 12.7. The minimum atomic E-state index is -3.54. The highest BCUT2D eigenvalue weighted by molar-refractivity contribution is 7.89. The summed E-state index contributed by atoms with van der Waals surface area (Å²) < 4.78 is 26.9. The maximum Gasteiger partial charge on any atom is 0.255 e. The molecule has 6 heteroatoms. The summed E-state index contributed by atoms with van der Waals surface area (Å²) in [6.07, 6.45) is 2.83. The first kappa shape index (κ1) is 16.7. The summed E-state index contributed by atoms with van der Waals surface area (Å²) in [6, 6.07) is 15.3. The lowest BCUT2D eigenvalue weighted by atomic mass is 10.2. The van der Waals surface area contributed by atoms with E-state index in [4.69, 9.17) is 0 Å². The van der Waals surface area contributed by atoms with E-state index in [1.807, 2.05) is 18.2 Å². The van der Waals surface area contributed by atoms with E-state index in [9.17, 15) is 13.2 Å². The number of para-hydroxylation sites is 1. The molecule has 1 N–H and O–H groups in total. The van der Waals surface area contributed by atoms with Crippen LogP contribution in [0.25, 0.3) is 0 Å². The number of rotatable bonds is 4. The van der Waals surface area contributed by atoms with Gasteiger partial charge in [0.15, 0.2) is 0 Å². The number of piperidine rings is 1. The van der Waals surface area contributed by atoms with Gasteiger partial charge in [-0.25, -0.2) is 8.42 Å². The summed E-state index contributed by atoms with van der Waals surface area (Å²) in [5.41, 5.74) is 1.00. The number of anilines is 1. The Balaban J connectivity index is 1.82. The summed E-state index contributed by atoms with van der Waals surface area (Å²) in [4.78, 5) is 12.5. The van der Waals surface area contributed by atoms with Crippen molar-refractivity contribution in [3.05, 3.63) is 60.2 Å². The molecule has 1 heterocycles. The van der Waals surface area contributed by atoms with Crippen molar-refractivity contribution in [2.24, 2.45) is 0 Å². The average Bonchev–Trinajstić information content (AvgIpc) is 2.63. The fourth-order valence-electron chi connectivity index (χ4n) is 2.78. The zero-order valence-corrected chi connectivity index (χ0v) is 14.1. The second-order valence-corrected chi connectivity index (χ2v) is 7.75. The Labute approximate surface area is 142 Å². The standard InChI is InChI=1S/C18H20N2O3S/c21-18(19-16-9-3-1-4-10-16)15-8-7-11-17(14-15)24(22,23)20-12-5-2-6-13-20/h1,3-4,7-11,14H,2,5-6,12-13H2,(H,19,21). The molecule has 0 aliphatic carbocycles. The summed E-state index contributed by atoms with van der Waals surface area (Å²) >= 11 is 0. The quantitative estimate of drug-likeness (QED) is 0.927. The lowest BCUT2D eigenvalue weighted by molar-refractivity contribution is 0.102. The van der Waals surface area contributed by atoms with Crippen molar-refractivity contribution in [2.75, 3.05) is 18.4 Å². The number of hydrogen-bond donors (Lipinski definition) is 1. The van der Waals surface area contributed by atoms with Crippen LogP contribution in [0.4, 0.5) is 5.69 Å². The molecule has 1 saturated heterocycles. The van der Waals surface area contributed by atoms with E-state index in [1.165, 1.54) is 10.4 Å². The number of carbonyl (C=O) groups excluding carboxylic acids is 1. The highest BCUT2D eigenvalue weighted by atomic mass is 32.2. The van der Waals surface area contributed by atoms with Gasteiger partial charge in [0.05, 0.1) is 4.90 Å². The zero-order chi connectivity index (χ0) is 17.0. The second-order valence-electron chi connectivity index (χ2n) is 5.81. The van der Waals surface area contributed by atoms with Gasteiger partial charge in [-0.15, -0.1) is 0 Å². The normalized spacial score (nSPS) is 15.8. The molecule has 0 spiro atoms. The molecule has 126 valence electrons. The summed E-state index contributed by atoms with van der Waals surface area (Å²) in [6.45, 7) is 1.09. The van der Waals surface area contributed by atoms with Crippen molar-refractivity contribution in [1.82, 2.24) is 4.31 Å². The van der Waals surface area contributed by atoms with Crippen molar-refractivity contribution in [3.8, 4) is 0 Å². The van der Waals surface area contributed by atoms with Crippen LogP contribution in [0, 0.1) is 0 Å². The van der Waals surface area contributed by atoms with E-state index in [0.29, 0.717) is 24.3 Å². The van der Waals surface area contributed by atoms with Crippen molar-refractivity contribution in [1.29, 1.82) is 0 Å². The number of amides is 1. The van der Waals surface area contributed by atoms with Crippen LogP contribution >= 0.6 is 0 Å². The summed E-state index contributed by atoms with van der Waals surface area (Å²) in [5, 5.41) is 2.77. The molecule has 5 nitrogen and oxygen atoms in total. The molecule has 1 amide bonds. The lowest BCUT2D eigenvalue weighted by Gasteiger charge is -2.26. The fraction of sp³-hybridized carbons (Fsp3) is 0.278. The zero-order valence-electron chi connectivity index (χ0n) is 13.3. The van der Waals surface area contributed by atoms with Crippen molar-refractivity contribution < 1.29 is 13.2 Å². The van der Waals surface area contributed by atoms with Gasteiger partial charge in [-0.05, 0) is 43.2 Å². The summed E-state index contributed by atoms with van der Waals surface area (Å²) in [7, 11) is -3.54.